The van der Waals surface area contributed by atoms with E-state index in [1.165, 1.54) is 0 Å². The van der Waals surface area contributed by atoms with Gasteiger partial charge in [0.15, 0.2) is 5.70 Å². The Labute approximate surface area is 150 Å². The maximum atomic E-state index is 11.9. The van der Waals surface area contributed by atoms with E-state index in [2.05, 4.69) is 27.6 Å². The molecule has 0 bridgehead atoms. The SMILES string of the molecule is O=C1OC(c2cccc(I)c2)=N/C1=C\c1ccc(Cl)cc1Cl. The highest BCUT2D eigenvalue weighted by atomic mass is 127. The number of cyclic esters (lactones) is 1. The molecule has 3 rings (SSSR count). The Bertz CT molecular complexity index is 831. The maximum Gasteiger partial charge on any atom is 0.363 e. The van der Waals surface area contributed by atoms with Gasteiger partial charge in [0.1, 0.15) is 0 Å². The van der Waals surface area contributed by atoms with Crippen molar-refractivity contribution in [3.63, 3.8) is 0 Å². The van der Waals surface area contributed by atoms with Gasteiger partial charge in [-0.2, -0.15) is 0 Å². The highest BCUT2D eigenvalue weighted by molar-refractivity contribution is 14.1. The molecule has 1 aliphatic rings. The van der Waals surface area contributed by atoms with Gasteiger partial charge in [0.25, 0.3) is 0 Å². The van der Waals surface area contributed by atoms with Crippen molar-refractivity contribution in [3.05, 3.63) is 72.9 Å². The van der Waals surface area contributed by atoms with Crippen LogP contribution in [0.1, 0.15) is 11.1 Å². The van der Waals surface area contributed by atoms with E-state index in [1.54, 1.807) is 24.3 Å². The van der Waals surface area contributed by atoms with Gasteiger partial charge in [0.2, 0.25) is 5.90 Å². The van der Waals surface area contributed by atoms with Gasteiger partial charge >= 0.3 is 5.97 Å². The molecule has 22 heavy (non-hydrogen) atoms. The number of carbonyl (C=O) groups is 1. The van der Waals surface area contributed by atoms with E-state index in [0.29, 0.717) is 21.5 Å². The zero-order chi connectivity index (χ0) is 15.7. The van der Waals surface area contributed by atoms with Gasteiger partial charge in [-0.3, -0.25) is 0 Å². The Hall–Kier alpha value is -1.37. The van der Waals surface area contributed by atoms with Crippen LogP contribution in [0.15, 0.2) is 53.2 Å². The van der Waals surface area contributed by atoms with Crippen LogP contribution >= 0.6 is 45.8 Å². The summed E-state index contributed by atoms with van der Waals surface area (Å²) >= 11 is 14.1. The van der Waals surface area contributed by atoms with Crippen LogP contribution in [-0.2, 0) is 9.53 Å². The van der Waals surface area contributed by atoms with Crippen molar-refractivity contribution in [1.82, 2.24) is 0 Å². The first-order chi connectivity index (χ1) is 10.5. The molecule has 1 heterocycles. The molecule has 3 nitrogen and oxygen atoms in total. The summed E-state index contributed by atoms with van der Waals surface area (Å²) in [5.74, 6) is -0.209. The molecule has 6 heteroatoms. The highest BCUT2D eigenvalue weighted by Gasteiger charge is 2.24. The zero-order valence-corrected chi connectivity index (χ0v) is 14.7. The lowest BCUT2D eigenvalue weighted by Gasteiger charge is -1.99. The van der Waals surface area contributed by atoms with Crippen LogP contribution in [0, 0.1) is 3.57 Å². The summed E-state index contributed by atoms with van der Waals surface area (Å²) in [6, 6.07) is 12.6. The van der Waals surface area contributed by atoms with Crippen molar-refractivity contribution < 1.29 is 9.53 Å². The fraction of sp³-hybridized carbons (Fsp3) is 0. The van der Waals surface area contributed by atoms with Crippen molar-refractivity contribution in [3.8, 4) is 0 Å². The van der Waals surface area contributed by atoms with E-state index >= 15 is 0 Å². The second-order valence-electron chi connectivity index (χ2n) is 4.51. The lowest BCUT2D eigenvalue weighted by atomic mass is 10.2. The normalized spacial score (nSPS) is 15.9. The van der Waals surface area contributed by atoms with Gasteiger partial charge in [0.05, 0.1) is 0 Å². The predicted octanol–water partition coefficient (Wildman–Crippen LogP) is 4.94. The first-order valence-electron chi connectivity index (χ1n) is 6.26. The number of halogens is 3. The lowest BCUT2D eigenvalue weighted by Crippen LogP contribution is -2.05. The number of hydrogen-bond donors (Lipinski definition) is 0. The summed E-state index contributed by atoms with van der Waals surface area (Å²) < 4.78 is 6.26. The number of ether oxygens (including phenoxy) is 1. The number of nitrogens with zero attached hydrogens (tertiary/aromatic N) is 1. The third-order valence-corrected chi connectivity index (χ3v) is 4.18. The molecule has 0 unspecified atom stereocenters. The highest BCUT2D eigenvalue weighted by Crippen LogP contribution is 2.26. The van der Waals surface area contributed by atoms with Crippen LogP contribution in [0.3, 0.4) is 0 Å². The number of rotatable bonds is 2. The van der Waals surface area contributed by atoms with Crippen LogP contribution in [0.5, 0.6) is 0 Å². The largest absolute Gasteiger partial charge is 0.402 e. The quantitative estimate of drug-likeness (QED) is 0.374. The van der Waals surface area contributed by atoms with E-state index in [9.17, 15) is 4.79 Å². The number of esters is 1. The van der Waals surface area contributed by atoms with Crippen LogP contribution in [0.25, 0.3) is 6.08 Å². The minimum absolute atomic E-state index is 0.207. The predicted molar refractivity (Wildman–Crippen MR) is 96.2 cm³/mol. The molecule has 0 radical (unpaired) electrons. The van der Waals surface area contributed by atoms with Gasteiger partial charge in [-0.05, 0) is 64.6 Å². The smallest absolute Gasteiger partial charge is 0.363 e. The van der Waals surface area contributed by atoms with E-state index < -0.39 is 5.97 Å². The van der Waals surface area contributed by atoms with Crippen molar-refractivity contribution in [1.29, 1.82) is 0 Å². The number of aliphatic imine (C=N–C) groups is 1. The molecule has 0 fully saturated rings. The molecule has 0 spiro atoms. The first kappa shape index (κ1) is 15.5. The van der Waals surface area contributed by atoms with Crippen LogP contribution in [-0.4, -0.2) is 11.9 Å². The molecular weight excluding hydrogens is 436 g/mol. The second kappa shape index (κ2) is 6.40. The van der Waals surface area contributed by atoms with Gasteiger partial charge in [-0.25, -0.2) is 9.79 Å². The number of carbonyl (C=O) groups excluding carboxylic acids is 1. The van der Waals surface area contributed by atoms with E-state index in [4.69, 9.17) is 27.9 Å². The number of hydrogen-bond acceptors (Lipinski definition) is 3. The Balaban J connectivity index is 1.97. The molecule has 0 N–H and O–H groups in total. The van der Waals surface area contributed by atoms with Crippen molar-refractivity contribution in [2.75, 3.05) is 0 Å². The Morgan fingerprint density at radius 3 is 2.68 bits per heavy atom. The van der Waals surface area contributed by atoms with Gasteiger partial charge in [0, 0.05) is 19.2 Å². The van der Waals surface area contributed by atoms with E-state index in [-0.39, 0.29) is 5.70 Å². The molecule has 2 aromatic carbocycles. The third-order valence-electron chi connectivity index (χ3n) is 2.95. The summed E-state index contributed by atoms with van der Waals surface area (Å²) in [4.78, 5) is 16.2. The summed E-state index contributed by atoms with van der Waals surface area (Å²) in [6.45, 7) is 0. The van der Waals surface area contributed by atoms with Gasteiger partial charge < -0.3 is 4.74 Å². The summed E-state index contributed by atoms with van der Waals surface area (Å²) in [7, 11) is 0. The second-order valence-corrected chi connectivity index (χ2v) is 6.60. The average Bonchev–Trinajstić information content (AvgIpc) is 2.83. The standard InChI is InChI=1S/C16H8Cl2INO2/c17-11-5-4-9(13(18)8-11)7-14-16(21)22-15(20-14)10-2-1-3-12(19)6-10/h1-8H/b14-7-. The minimum atomic E-state index is -0.500. The molecule has 0 saturated carbocycles. The monoisotopic (exact) mass is 443 g/mol. The Morgan fingerprint density at radius 2 is 1.95 bits per heavy atom. The topological polar surface area (TPSA) is 38.7 Å². The number of benzene rings is 2. The molecular formula is C16H8Cl2INO2. The van der Waals surface area contributed by atoms with Crippen molar-refractivity contribution in [2.45, 2.75) is 0 Å². The van der Waals surface area contributed by atoms with Crippen LogP contribution < -0.4 is 0 Å². The van der Waals surface area contributed by atoms with Crippen LogP contribution in [0.4, 0.5) is 0 Å². The minimum Gasteiger partial charge on any atom is -0.402 e. The summed E-state index contributed by atoms with van der Waals surface area (Å²) in [6.07, 6.45) is 1.59. The molecule has 2 aromatic rings. The molecule has 0 saturated heterocycles. The van der Waals surface area contributed by atoms with Crippen molar-refractivity contribution >= 4 is 63.7 Å². The first-order valence-corrected chi connectivity index (χ1v) is 8.10. The zero-order valence-electron chi connectivity index (χ0n) is 11.0. The summed E-state index contributed by atoms with van der Waals surface area (Å²) in [5.41, 5.74) is 1.62. The Kier molecular flexibility index (Phi) is 4.52. The molecule has 110 valence electrons. The maximum absolute atomic E-state index is 11.9. The molecule has 0 atom stereocenters. The average molecular weight is 444 g/mol. The lowest BCUT2D eigenvalue weighted by molar-refractivity contribution is -0.129. The van der Waals surface area contributed by atoms with Gasteiger partial charge in [-0.1, -0.05) is 35.3 Å². The summed E-state index contributed by atoms with van der Waals surface area (Å²) in [5, 5.41) is 0.981. The van der Waals surface area contributed by atoms with E-state index in [0.717, 1.165) is 9.13 Å². The fourth-order valence-corrected chi connectivity index (χ4v) is 2.93. The molecule has 0 amide bonds. The Morgan fingerprint density at radius 1 is 1.14 bits per heavy atom. The van der Waals surface area contributed by atoms with Crippen LogP contribution in [0.2, 0.25) is 10.0 Å². The van der Waals surface area contributed by atoms with Gasteiger partial charge in [-0.15, -0.1) is 0 Å². The molecule has 0 aromatic heterocycles. The van der Waals surface area contributed by atoms with Crippen molar-refractivity contribution in [2.24, 2.45) is 4.99 Å². The molecule has 1 aliphatic heterocycles. The fourth-order valence-electron chi connectivity index (χ4n) is 1.92. The van der Waals surface area contributed by atoms with E-state index in [1.807, 2.05) is 24.3 Å². The molecule has 0 aliphatic carbocycles. The third kappa shape index (κ3) is 3.34.